The van der Waals surface area contributed by atoms with Crippen molar-refractivity contribution < 1.29 is 13.6 Å². The minimum absolute atomic E-state index is 0.217. The fraction of sp³-hybridized carbons (Fsp3) is 0.467. The van der Waals surface area contributed by atoms with Gasteiger partial charge in [-0.25, -0.2) is 4.98 Å². The number of hydrogen-bond donors (Lipinski definition) is 1. The van der Waals surface area contributed by atoms with Crippen LogP contribution < -0.4 is 5.32 Å². The first-order valence-electron chi connectivity index (χ1n) is 6.94. The SMILES string of the molecule is Cc1ccc(CNC(=O)c2nc(C3CCC3)oc2C)o1. The highest BCUT2D eigenvalue weighted by Gasteiger charge is 2.27. The van der Waals surface area contributed by atoms with Crippen molar-refractivity contribution in [3.63, 3.8) is 0 Å². The van der Waals surface area contributed by atoms with E-state index >= 15 is 0 Å². The molecule has 5 heteroatoms. The van der Waals surface area contributed by atoms with Crippen LogP contribution in [0.25, 0.3) is 0 Å². The van der Waals surface area contributed by atoms with E-state index in [0.29, 0.717) is 29.8 Å². The molecule has 1 amide bonds. The Bertz CT molecular complexity index is 623. The van der Waals surface area contributed by atoms with E-state index in [0.717, 1.165) is 24.4 Å². The van der Waals surface area contributed by atoms with Crippen LogP contribution in [0.2, 0.25) is 0 Å². The number of aryl methyl sites for hydroxylation is 2. The van der Waals surface area contributed by atoms with Crippen LogP contribution >= 0.6 is 0 Å². The lowest BCUT2D eigenvalue weighted by Gasteiger charge is -2.21. The van der Waals surface area contributed by atoms with Gasteiger partial charge in [0.1, 0.15) is 17.3 Å². The summed E-state index contributed by atoms with van der Waals surface area (Å²) in [5.74, 6) is 3.02. The molecule has 1 N–H and O–H groups in total. The van der Waals surface area contributed by atoms with Gasteiger partial charge in [0.15, 0.2) is 11.6 Å². The molecule has 1 saturated carbocycles. The van der Waals surface area contributed by atoms with Crippen LogP contribution in [0.3, 0.4) is 0 Å². The van der Waals surface area contributed by atoms with Crippen LogP contribution in [0.4, 0.5) is 0 Å². The molecule has 0 saturated heterocycles. The van der Waals surface area contributed by atoms with Crippen molar-refractivity contribution in [2.75, 3.05) is 0 Å². The molecule has 1 aliphatic rings. The van der Waals surface area contributed by atoms with Crippen molar-refractivity contribution in [1.29, 1.82) is 0 Å². The highest BCUT2D eigenvalue weighted by Crippen LogP contribution is 2.36. The van der Waals surface area contributed by atoms with Crippen LogP contribution in [0.5, 0.6) is 0 Å². The highest BCUT2D eigenvalue weighted by molar-refractivity contribution is 5.93. The summed E-state index contributed by atoms with van der Waals surface area (Å²) in [6.07, 6.45) is 3.42. The molecule has 0 bridgehead atoms. The zero-order valence-electron chi connectivity index (χ0n) is 11.7. The Morgan fingerprint density at radius 2 is 2.15 bits per heavy atom. The molecule has 0 unspecified atom stereocenters. The van der Waals surface area contributed by atoms with Crippen molar-refractivity contribution in [2.45, 2.75) is 45.6 Å². The van der Waals surface area contributed by atoms with Crippen molar-refractivity contribution in [2.24, 2.45) is 0 Å². The van der Waals surface area contributed by atoms with E-state index in [1.165, 1.54) is 6.42 Å². The maximum Gasteiger partial charge on any atom is 0.273 e. The molecule has 0 atom stereocenters. The van der Waals surface area contributed by atoms with Gasteiger partial charge in [0, 0.05) is 5.92 Å². The van der Waals surface area contributed by atoms with Gasteiger partial charge >= 0.3 is 0 Å². The van der Waals surface area contributed by atoms with Gasteiger partial charge in [-0.15, -0.1) is 0 Å². The molecule has 0 radical (unpaired) electrons. The molecule has 0 spiro atoms. The third-order valence-electron chi connectivity index (χ3n) is 3.70. The predicted octanol–water partition coefficient (Wildman–Crippen LogP) is 3.08. The summed E-state index contributed by atoms with van der Waals surface area (Å²) < 4.78 is 11.0. The summed E-state index contributed by atoms with van der Waals surface area (Å²) in [6, 6.07) is 3.72. The van der Waals surface area contributed by atoms with E-state index in [1.54, 1.807) is 6.92 Å². The van der Waals surface area contributed by atoms with Gasteiger partial charge in [-0.1, -0.05) is 6.42 Å². The van der Waals surface area contributed by atoms with E-state index in [9.17, 15) is 4.79 Å². The fourth-order valence-corrected chi connectivity index (χ4v) is 2.29. The molecule has 0 aromatic carbocycles. The summed E-state index contributed by atoms with van der Waals surface area (Å²) in [7, 11) is 0. The molecule has 1 fully saturated rings. The predicted molar refractivity (Wildman–Crippen MR) is 72.4 cm³/mol. The maximum atomic E-state index is 12.1. The van der Waals surface area contributed by atoms with E-state index in [-0.39, 0.29) is 5.91 Å². The van der Waals surface area contributed by atoms with Crippen molar-refractivity contribution in [1.82, 2.24) is 10.3 Å². The number of hydrogen-bond acceptors (Lipinski definition) is 4. The van der Waals surface area contributed by atoms with Gasteiger partial charge in [0.05, 0.1) is 6.54 Å². The number of aromatic nitrogens is 1. The number of rotatable bonds is 4. The molecular weight excluding hydrogens is 256 g/mol. The zero-order chi connectivity index (χ0) is 14.1. The monoisotopic (exact) mass is 274 g/mol. The Morgan fingerprint density at radius 3 is 2.75 bits per heavy atom. The van der Waals surface area contributed by atoms with Gasteiger partial charge in [0.2, 0.25) is 0 Å². The first-order chi connectivity index (χ1) is 9.63. The average Bonchev–Trinajstić information content (AvgIpc) is 2.91. The second-order valence-corrected chi connectivity index (χ2v) is 5.28. The second-order valence-electron chi connectivity index (χ2n) is 5.28. The Balaban J connectivity index is 1.65. The largest absolute Gasteiger partial charge is 0.465 e. The van der Waals surface area contributed by atoms with E-state index in [4.69, 9.17) is 8.83 Å². The number of carbonyl (C=O) groups excluding carboxylic acids is 1. The molecule has 20 heavy (non-hydrogen) atoms. The van der Waals surface area contributed by atoms with Crippen LogP contribution in [0.1, 0.15) is 58.8 Å². The summed E-state index contributed by atoms with van der Waals surface area (Å²) >= 11 is 0. The summed E-state index contributed by atoms with van der Waals surface area (Å²) in [5.41, 5.74) is 0.384. The van der Waals surface area contributed by atoms with E-state index < -0.39 is 0 Å². The molecular formula is C15H18N2O3. The number of nitrogens with one attached hydrogen (secondary N) is 1. The topological polar surface area (TPSA) is 68.3 Å². The third-order valence-corrected chi connectivity index (χ3v) is 3.70. The minimum Gasteiger partial charge on any atom is -0.465 e. The number of oxazole rings is 1. The smallest absolute Gasteiger partial charge is 0.273 e. The number of furan rings is 1. The van der Waals surface area contributed by atoms with Gasteiger partial charge in [0.25, 0.3) is 5.91 Å². The number of nitrogens with zero attached hydrogens (tertiary/aromatic N) is 1. The normalized spacial score (nSPS) is 15.1. The molecule has 5 nitrogen and oxygen atoms in total. The number of amides is 1. The van der Waals surface area contributed by atoms with Crippen LogP contribution in [-0.2, 0) is 6.54 Å². The van der Waals surface area contributed by atoms with Gasteiger partial charge in [-0.05, 0) is 38.8 Å². The third kappa shape index (κ3) is 2.48. The number of carbonyl (C=O) groups is 1. The summed E-state index contributed by atoms with van der Waals surface area (Å²) in [5, 5.41) is 2.80. The van der Waals surface area contributed by atoms with Crippen LogP contribution in [0, 0.1) is 13.8 Å². The molecule has 2 aromatic rings. The highest BCUT2D eigenvalue weighted by atomic mass is 16.4. The van der Waals surface area contributed by atoms with Crippen LogP contribution in [-0.4, -0.2) is 10.9 Å². The molecule has 3 rings (SSSR count). The van der Waals surface area contributed by atoms with Crippen molar-refractivity contribution >= 4 is 5.91 Å². The lowest BCUT2D eigenvalue weighted by atomic mass is 9.85. The maximum absolute atomic E-state index is 12.1. The summed E-state index contributed by atoms with van der Waals surface area (Å²) in [6.45, 7) is 4.01. The molecule has 0 aliphatic heterocycles. The molecule has 2 heterocycles. The standard InChI is InChI=1S/C15H18N2O3/c1-9-6-7-12(19-9)8-16-14(18)13-10(2)20-15(17-13)11-4-3-5-11/h6-7,11H,3-5,8H2,1-2H3,(H,16,18). The first kappa shape index (κ1) is 13.0. The molecule has 1 aliphatic carbocycles. The van der Waals surface area contributed by atoms with E-state index in [2.05, 4.69) is 10.3 Å². The minimum atomic E-state index is -0.217. The van der Waals surface area contributed by atoms with Gasteiger partial charge in [-0.3, -0.25) is 4.79 Å². The van der Waals surface area contributed by atoms with Crippen molar-refractivity contribution in [3.8, 4) is 0 Å². The quantitative estimate of drug-likeness (QED) is 0.930. The lowest BCUT2D eigenvalue weighted by Crippen LogP contribution is -2.23. The Hall–Kier alpha value is -2.04. The van der Waals surface area contributed by atoms with Gasteiger partial charge in [-0.2, -0.15) is 0 Å². The average molecular weight is 274 g/mol. The Morgan fingerprint density at radius 1 is 1.35 bits per heavy atom. The Labute approximate surface area is 117 Å². The lowest BCUT2D eigenvalue weighted by molar-refractivity contribution is 0.0942. The van der Waals surface area contributed by atoms with E-state index in [1.807, 2.05) is 19.1 Å². The second kappa shape index (κ2) is 5.15. The van der Waals surface area contributed by atoms with Crippen molar-refractivity contribution in [3.05, 3.63) is 41.0 Å². The van der Waals surface area contributed by atoms with Gasteiger partial charge < -0.3 is 14.2 Å². The summed E-state index contributed by atoms with van der Waals surface area (Å²) in [4.78, 5) is 16.5. The Kier molecular flexibility index (Phi) is 3.34. The fourth-order valence-electron chi connectivity index (χ4n) is 2.29. The van der Waals surface area contributed by atoms with Crippen LogP contribution in [0.15, 0.2) is 21.0 Å². The zero-order valence-corrected chi connectivity index (χ0v) is 11.7. The molecule has 106 valence electrons. The first-order valence-corrected chi connectivity index (χ1v) is 6.94. The molecule has 2 aromatic heterocycles.